The van der Waals surface area contributed by atoms with Gasteiger partial charge in [0.1, 0.15) is 30.0 Å². The van der Waals surface area contributed by atoms with Crippen LogP contribution >= 0.6 is 0 Å². The number of carbonyl (C=O) groups is 4. The van der Waals surface area contributed by atoms with E-state index in [2.05, 4.69) is 40.4 Å². The van der Waals surface area contributed by atoms with Gasteiger partial charge in [-0.15, -0.1) is 0 Å². The van der Waals surface area contributed by atoms with Gasteiger partial charge in [0.25, 0.3) is 11.8 Å². The average molecular weight is 937 g/mol. The minimum absolute atomic E-state index is 0.0197. The van der Waals surface area contributed by atoms with Crippen molar-refractivity contribution in [1.82, 2.24) is 34.7 Å². The Kier molecular flexibility index (Phi) is 12.8. The lowest BCUT2D eigenvalue weighted by atomic mass is 9.95. The molecule has 3 unspecified atom stereocenters. The highest BCUT2D eigenvalue weighted by molar-refractivity contribution is 7.89. The van der Waals surface area contributed by atoms with Gasteiger partial charge in [-0.05, 0) is 133 Å². The van der Waals surface area contributed by atoms with E-state index in [1.807, 2.05) is 36.1 Å². The number of rotatable bonds is 14. The monoisotopic (exact) mass is 936 g/mol. The molecule has 3 aromatic carbocycles. The number of aryl methyl sites for hydroxylation is 1. The molecular formula is C48H57FN10O7S. The highest BCUT2D eigenvalue weighted by Gasteiger charge is 2.47. The molecule has 5 aliphatic heterocycles. The number of fused-ring (bicyclic) bond motifs is 3. The fourth-order valence-electron chi connectivity index (χ4n) is 9.92. The Morgan fingerprint density at radius 2 is 1.57 bits per heavy atom. The zero-order valence-electron chi connectivity index (χ0n) is 38.2. The summed E-state index contributed by atoms with van der Waals surface area (Å²) in [5, 5.41) is 8.67. The molecule has 3 atom stereocenters. The number of sulfonamides is 1. The average Bonchev–Trinajstić information content (AvgIpc) is 3.64. The molecule has 17 nitrogen and oxygen atoms in total. The zero-order valence-corrected chi connectivity index (χ0v) is 39.0. The number of hydrogen-bond acceptors (Lipinski definition) is 14. The van der Waals surface area contributed by atoms with Crippen molar-refractivity contribution in [2.75, 3.05) is 61.4 Å². The second-order valence-electron chi connectivity index (χ2n) is 19.3. The quantitative estimate of drug-likeness (QED) is 0.118. The van der Waals surface area contributed by atoms with E-state index in [9.17, 15) is 27.6 Å². The van der Waals surface area contributed by atoms with Gasteiger partial charge in [-0.3, -0.25) is 39.2 Å². The first kappa shape index (κ1) is 46.1. The van der Waals surface area contributed by atoms with Gasteiger partial charge in [0.05, 0.1) is 21.7 Å². The summed E-state index contributed by atoms with van der Waals surface area (Å²) in [6.45, 7) is 12.9. The molecule has 9 rings (SSSR count). The van der Waals surface area contributed by atoms with Crippen LogP contribution in [0.1, 0.15) is 85.6 Å². The normalized spacial score (nSPS) is 21.7. The van der Waals surface area contributed by atoms with E-state index in [0.29, 0.717) is 48.8 Å². The zero-order chi connectivity index (χ0) is 47.2. The van der Waals surface area contributed by atoms with Gasteiger partial charge in [0.15, 0.2) is 0 Å². The number of nitrogens with one attached hydrogen (secondary N) is 4. The fraction of sp³-hybridized carbons (Fsp3) is 0.458. The van der Waals surface area contributed by atoms with Gasteiger partial charge in [-0.1, -0.05) is 6.07 Å². The van der Waals surface area contributed by atoms with Crippen LogP contribution in [-0.4, -0.2) is 126 Å². The number of ether oxygens (including phenoxy) is 1. The number of piperidine rings is 2. The molecule has 19 heteroatoms. The van der Waals surface area contributed by atoms with Crippen LogP contribution in [0.2, 0.25) is 0 Å². The van der Waals surface area contributed by atoms with Crippen LogP contribution in [0.5, 0.6) is 5.75 Å². The van der Waals surface area contributed by atoms with Crippen LogP contribution in [-0.2, 0) is 19.6 Å². The van der Waals surface area contributed by atoms with Gasteiger partial charge < -0.3 is 20.3 Å². The van der Waals surface area contributed by atoms with Crippen molar-refractivity contribution >= 4 is 62.5 Å². The molecule has 4 amide bonds. The van der Waals surface area contributed by atoms with E-state index < -0.39 is 51.0 Å². The number of halogens is 1. The minimum atomic E-state index is -3.71. The third-order valence-electron chi connectivity index (χ3n) is 13.3. The predicted octanol–water partition coefficient (Wildman–Crippen LogP) is 5.33. The van der Waals surface area contributed by atoms with E-state index in [1.165, 1.54) is 6.07 Å². The second kappa shape index (κ2) is 18.6. The topological polar surface area (TPSA) is 199 Å². The summed E-state index contributed by atoms with van der Waals surface area (Å²) in [4.78, 5) is 68.0. The summed E-state index contributed by atoms with van der Waals surface area (Å²) in [6.07, 6.45) is 5.97. The van der Waals surface area contributed by atoms with Crippen molar-refractivity contribution in [1.29, 1.82) is 0 Å². The summed E-state index contributed by atoms with van der Waals surface area (Å²) in [6, 6.07) is 16.3. The van der Waals surface area contributed by atoms with E-state index in [0.717, 1.165) is 79.8 Å². The van der Waals surface area contributed by atoms with E-state index in [1.54, 1.807) is 51.2 Å². The number of likely N-dealkylation sites (tertiary alicyclic amines) is 1. The molecular weight excluding hydrogens is 880 g/mol. The Hall–Kier alpha value is -6.02. The molecule has 0 saturated carbocycles. The number of nitrogens with zero attached hydrogens (tertiary/aromatic N) is 6. The highest BCUT2D eigenvalue weighted by atomic mass is 32.2. The first-order valence-electron chi connectivity index (χ1n) is 23.0. The van der Waals surface area contributed by atoms with Crippen LogP contribution in [0.15, 0.2) is 71.8 Å². The van der Waals surface area contributed by atoms with Crippen molar-refractivity contribution in [2.45, 2.75) is 94.8 Å². The van der Waals surface area contributed by atoms with E-state index in [4.69, 9.17) is 4.74 Å². The molecule has 4 N–H and O–H groups in total. The summed E-state index contributed by atoms with van der Waals surface area (Å²) < 4.78 is 50.4. The number of carbonyl (C=O) groups excluding carboxylic acids is 4. The van der Waals surface area contributed by atoms with Crippen LogP contribution in [0.3, 0.4) is 0 Å². The van der Waals surface area contributed by atoms with Gasteiger partial charge in [-0.25, -0.2) is 22.5 Å². The van der Waals surface area contributed by atoms with Crippen molar-refractivity contribution in [3.8, 4) is 5.75 Å². The molecule has 5 aliphatic rings. The molecule has 354 valence electrons. The Morgan fingerprint density at radius 3 is 2.25 bits per heavy atom. The number of piperazine rings is 1. The smallest absolute Gasteiger partial charge is 0.262 e. The summed E-state index contributed by atoms with van der Waals surface area (Å²) in [7, 11) is -3.71. The molecule has 0 aliphatic carbocycles. The van der Waals surface area contributed by atoms with Crippen LogP contribution < -0.4 is 30.3 Å². The van der Waals surface area contributed by atoms with Crippen molar-refractivity contribution in [3.05, 3.63) is 89.4 Å². The maximum atomic E-state index is 15.7. The number of anilines is 5. The Labute approximate surface area is 389 Å². The molecule has 0 radical (unpaired) electrons. The Morgan fingerprint density at radius 1 is 0.866 bits per heavy atom. The molecule has 1 aromatic heterocycles. The van der Waals surface area contributed by atoms with Crippen molar-refractivity contribution in [3.63, 3.8) is 0 Å². The Balaban J connectivity index is 0.717. The summed E-state index contributed by atoms with van der Waals surface area (Å²) >= 11 is 0. The second-order valence-corrected chi connectivity index (χ2v) is 21.0. The number of aromatic nitrogens is 2. The van der Waals surface area contributed by atoms with E-state index >= 15 is 4.39 Å². The maximum absolute atomic E-state index is 15.7. The first-order chi connectivity index (χ1) is 32.0. The molecule has 4 aromatic rings. The van der Waals surface area contributed by atoms with Crippen LogP contribution in [0.4, 0.5) is 33.2 Å². The minimum Gasteiger partial charge on any atom is -0.492 e. The fourth-order valence-corrected chi connectivity index (χ4v) is 11.4. The number of benzene rings is 3. The lowest BCUT2D eigenvalue weighted by molar-refractivity contribution is -0.136. The molecule has 4 fully saturated rings. The number of amides is 4. The summed E-state index contributed by atoms with van der Waals surface area (Å²) in [5.41, 5.74) is 1.88. The molecule has 4 saturated heterocycles. The van der Waals surface area contributed by atoms with Gasteiger partial charge in [-0.2, -0.15) is 4.98 Å². The van der Waals surface area contributed by atoms with E-state index in [-0.39, 0.29) is 40.9 Å². The largest absolute Gasteiger partial charge is 0.492 e. The van der Waals surface area contributed by atoms with Gasteiger partial charge >= 0.3 is 0 Å². The first-order valence-corrected chi connectivity index (χ1v) is 24.5. The maximum Gasteiger partial charge on any atom is 0.262 e. The third kappa shape index (κ3) is 10.1. The molecule has 2 bridgehead atoms. The predicted molar refractivity (Wildman–Crippen MR) is 250 cm³/mol. The van der Waals surface area contributed by atoms with Gasteiger partial charge in [0, 0.05) is 73.4 Å². The lowest BCUT2D eigenvalue weighted by Crippen LogP contribution is -2.55. The van der Waals surface area contributed by atoms with Crippen LogP contribution in [0, 0.1) is 18.7 Å². The van der Waals surface area contributed by atoms with Gasteiger partial charge in [0.2, 0.25) is 27.8 Å². The SMILES string of the molecule is Cc1cnc(Nc2ccc(OCCN3CCC(CN4C5CCC4CN(c4cc6c(cc4F)C(=O)N(C4CCC(=O)NC4=O)C6=O)C5)CC3)cc2)nc1Nc1cccc(S(=O)(=O)NC(C)(C)C)c1. The standard InChI is InChI=1S/C48H57FN10O7S/c1-29-25-50-47(54-43(29)51-32-6-5-7-36(22-32)67(64,65)55-48(2,3)4)52-31-8-12-35(13-9-31)66-21-20-56-18-16-30(17-19-56)26-58-33-10-11-34(58)28-57(27-33)41-24-38-37(23-39(41)49)45(62)59(46(38)63)40-14-15-42(60)53-44(40)61/h5-9,12-13,22-25,30,33-34,40,55H,10-11,14-21,26-28H2,1-4H3,(H,53,60,61)(H2,50,51,52,54). The summed E-state index contributed by atoms with van der Waals surface area (Å²) in [5.74, 6) is -0.812. The molecule has 67 heavy (non-hydrogen) atoms. The molecule has 6 heterocycles. The highest BCUT2D eigenvalue weighted by Crippen LogP contribution is 2.38. The van der Waals surface area contributed by atoms with Crippen molar-refractivity contribution < 1.29 is 36.7 Å². The van der Waals surface area contributed by atoms with Crippen molar-refractivity contribution in [2.24, 2.45) is 5.92 Å². The Bertz CT molecular complexity index is 2680. The van der Waals surface area contributed by atoms with Crippen LogP contribution in [0.25, 0.3) is 0 Å². The molecule has 0 spiro atoms. The third-order valence-corrected chi connectivity index (χ3v) is 15.0. The lowest BCUT2D eigenvalue weighted by Gasteiger charge is -2.44. The number of imide groups is 2. The number of hydrogen-bond donors (Lipinski definition) is 4.